The van der Waals surface area contributed by atoms with Crippen LogP contribution in [0, 0.1) is 0 Å². The molecule has 1 atom stereocenters. The molecule has 1 aromatic rings. The van der Waals surface area contributed by atoms with Crippen molar-refractivity contribution < 1.29 is 4.79 Å². The van der Waals surface area contributed by atoms with Crippen molar-refractivity contribution in [3.63, 3.8) is 0 Å². The third kappa shape index (κ3) is 3.38. The number of amides is 1. The zero-order valence-corrected chi connectivity index (χ0v) is 12.5. The predicted octanol–water partition coefficient (Wildman–Crippen LogP) is 1.29. The minimum absolute atomic E-state index is 0.274. The van der Waals surface area contributed by atoms with Gasteiger partial charge < -0.3 is 11.1 Å². The van der Waals surface area contributed by atoms with Crippen molar-refractivity contribution in [1.29, 1.82) is 0 Å². The Morgan fingerprint density at radius 2 is 2.10 bits per heavy atom. The summed E-state index contributed by atoms with van der Waals surface area (Å²) >= 11 is 0. The van der Waals surface area contributed by atoms with Gasteiger partial charge in [-0.05, 0) is 50.9 Å². The van der Waals surface area contributed by atoms with E-state index in [2.05, 4.69) is 34.5 Å². The third-order valence-electron chi connectivity index (χ3n) is 4.46. The van der Waals surface area contributed by atoms with Crippen LogP contribution in [-0.4, -0.2) is 36.5 Å². The molecule has 1 unspecified atom stereocenters. The molecule has 1 aliphatic heterocycles. The molecule has 0 fully saturated rings. The van der Waals surface area contributed by atoms with Gasteiger partial charge in [0.15, 0.2) is 0 Å². The first-order chi connectivity index (χ1) is 9.55. The van der Waals surface area contributed by atoms with Crippen molar-refractivity contribution in [1.82, 2.24) is 10.2 Å². The standard InChI is InChI=1S/C16H25N3O/c1-16(18-2,15(17)20)9-5-10-19-11-8-13-6-3-4-7-14(13)12-19/h3-4,6-7,18H,5,8-12H2,1-2H3,(H2,17,20). The van der Waals surface area contributed by atoms with Crippen LogP contribution in [0.5, 0.6) is 0 Å². The fraction of sp³-hybridized carbons (Fsp3) is 0.562. The van der Waals surface area contributed by atoms with Crippen molar-refractivity contribution in [3.8, 4) is 0 Å². The average Bonchev–Trinajstić information content (AvgIpc) is 2.46. The Bertz CT molecular complexity index is 475. The largest absolute Gasteiger partial charge is 0.368 e. The number of carbonyl (C=O) groups excluding carboxylic acids is 1. The van der Waals surface area contributed by atoms with Crippen molar-refractivity contribution in [2.24, 2.45) is 5.73 Å². The minimum Gasteiger partial charge on any atom is -0.368 e. The number of likely N-dealkylation sites (N-methyl/N-ethyl adjacent to an activating group) is 1. The lowest BCUT2D eigenvalue weighted by Gasteiger charge is -2.30. The van der Waals surface area contributed by atoms with E-state index < -0.39 is 5.54 Å². The van der Waals surface area contributed by atoms with Crippen LogP contribution in [-0.2, 0) is 17.8 Å². The van der Waals surface area contributed by atoms with Gasteiger partial charge in [-0.25, -0.2) is 0 Å². The van der Waals surface area contributed by atoms with Crippen LogP contribution in [0.4, 0.5) is 0 Å². The fourth-order valence-corrected chi connectivity index (χ4v) is 2.77. The van der Waals surface area contributed by atoms with Crippen LogP contribution < -0.4 is 11.1 Å². The second-order valence-electron chi connectivity index (χ2n) is 5.84. The van der Waals surface area contributed by atoms with Crippen molar-refractivity contribution in [3.05, 3.63) is 35.4 Å². The number of nitrogens with zero attached hydrogens (tertiary/aromatic N) is 1. The Labute approximate surface area is 121 Å². The van der Waals surface area contributed by atoms with Crippen LogP contribution in [0.3, 0.4) is 0 Å². The first-order valence-corrected chi connectivity index (χ1v) is 7.33. The van der Waals surface area contributed by atoms with Crippen molar-refractivity contribution >= 4 is 5.91 Å². The molecule has 20 heavy (non-hydrogen) atoms. The van der Waals surface area contributed by atoms with Crippen molar-refractivity contribution in [2.45, 2.75) is 38.3 Å². The lowest BCUT2D eigenvalue weighted by atomic mass is 9.94. The highest BCUT2D eigenvalue weighted by atomic mass is 16.1. The van der Waals surface area contributed by atoms with Crippen LogP contribution in [0.15, 0.2) is 24.3 Å². The number of hydrogen-bond acceptors (Lipinski definition) is 3. The van der Waals surface area contributed by atoms with E-state index in [0.717, 1.165) is 38.9 Å². The zero-order valence-electron chi connectivity index (χ0n) is 12.5. The third-order valence-corrected chi connectivity index (χ3v) is 4.46. The van der Waals surface area contributed by atoms with Gasteiger partial charge in [0.2, 0.25) is 5.91 Å². The highest BCUT2D eigenvalue weighted by molar-refractivity contribution is 5.84. The van der Waals surface area contributed by atoms with Crippen LogP contribution in [0.25, 0.3) is 0 Å². The molecular weight excluding hydrogens is 250 g/mol. The Morgan fingerprint density at radius 3 is 2.75 bits per heavy atom. The summed E-state index contributed by atoms with van der Waals surface area (Å²) in [5.41, 5.74) is 7.77. The Morgan fingerprint density at radius 1 is 1.40 bits per heavy atom. The lowest BCUT2D eigenvalue weighted by Crippen LogP contribution is -2.51. The molecule has 3 N–H and O–H groups in total. The van der Waals surface area contributed by atoms with E-state index in [1.807, 2.05) is 6.92 Å². The van der Waals surface area contributed by atoms with Crippen LogP contribution >= 0.6 is 0 Å². The maximum absolute atomic E-state index is 11.4. The molecule has 0 saturated carbocycles. The summed E-state index contributed by atoms with van der Waals surface area (Å²) in [4.78, 5) is 13.9. The summed E-state index contributed by atoms with van der Waals surface area (Å²) < 4.78 is 0. The summed E-state index contributed by atoms with van der Waals surface area (Å²) in [5, 5.41) is 3.04. The molecule has 1 aliphatic rings. The number of rotatable bonds is 6. The quantitative estimate of drug-likeness (QED) is 0.822. The molecule has 1 amide bonds. The number of carbonyl (C=O) groups is 1. The van der Waals surface area contributed by atoms with Gasteiger partial charge in [0, 0.05) is 13.1 Å². The van der Waals surface area contributed by atoms with Gasteiger partial charge in [-0.15, -0.1) is 0 Å². The van der Waals surface area contributed by atoms with E-state index >= 15 is 0 Å². The maximum atomic E-state index is 11.4. The maximum Gasteiger partial charge on any atom is 0.237 e. The topological polar surface area (TPSA) is 58.4 Å². The lowest BCUT2D eigenvalue weighted by molar-refractivity contribution is -0.123. The van der Waals surface area contributed by atoms with Crippen LogP contribution in [0.2, 0.25) is 0 Å². The number of nitrogens with one attached hydrogen (secondary N) is 1. The summed E-state index contributed by atoms with van der Waals surface area (Å²) in [6.45, 7) is 5.01. The van der Waals surface area contributed by atoms with Gasteiger partial charge in [-0.1, -0.05) is 24.3 Å². The first kappa shape index (κ1) is 15.0. The molecule has 0 aromatic heterocycles. The average molecular weight is 275 g/mol. The normalized spacial score (nSPS) is 18.3. The van der Waals surface area contributed by atoms with Gasteiger partial charge in [0.05, 0.1) is 5.54 Å². The number of nitrogens with two attached hydrogens (primary N) is 1. The molecule has 0 radical (unpaired) electrons. The Balaban J connectivity index is 1.83. The number of hydrogen-bond donors (Lipinski definition) is 2. The molecule has 4 heteroatoms. The first-order valence-electron chi connectivity index (χ1n) is 7.33. The van der Waals surface area contributed by atoms with E-state index in [4.69, 9.17) is 5.73 Å². The molecule has 4 nitrogen and oxygen atoms in total. The molecule has 0 bridgehead atoms. The predicted molar refractivity (Wildman–Crippen MR) is 81.3 cm³/mol. The second-order valence-corrected chi connectivity index (χ2v) is 5.84. The molecule has 0 aliphatic carbocycles. The van der Waals surface area contributed by atoms with Gasteiger partial charge in [0.1, 0.15) is 0 Å². The van der Waals surface area contributed by atoms with E-state index in [1.54, 1.807) is 7.05 Å². The number of benzene rings is 1. The number of primary amides is 1. The summed E-state index contributed by atoms with van der Waals surface area (Å²) in [6, 6.07) is 8.65. The molecule has 0 spiro atoms. The second kappa shape index (κ2) is 6.37. The SMILES string of the molecule is CNC(C)(CCCN1CCc2ccccc2C1)C(N)=O. The zero-order chi connectivity index (χ0) is 14.6. The van der Waals surface area contributed by atoms with Crippen molar-refractivity contribution in [2.75, 3.05) is 20.1 Å². The van der Waals surface area contributed by atoms with Gasteiger partial charge in [-0.3, -0.25) is 9.69 Å². The smallest absolute Gasteiger partial charge is 0.237 e. The van der Waals surface area contributed by atoms with E-state index in [1.165, 1.54) is 11.1 Å². The summed E-state index contributed by atoms with van der Waals surface area (Å²) in [7, 11) is 1.79. The van der Waals surface area contributed by atoms with Gasteiger partial charge in [-0.2, -0.15) is 0 Å². The van der Waals surface area contributed by atoms with E-state index in [0.29, 0.717) is 0 Å². The number of fused-ring (bicyclic) bond motifs is 1. The molecule has 110 valence electrons. The molecule has 0 saturated heterocycles. The Kier molecular flexibility index (Phi) is 4.78. The van der Waals surface area contributed by atoms with E-state index in [9.17, 15) is 4.79 Å². The molecular formula is C16H25N3O. The molecule has 2 rings (SSSR count). The monoisotopic (exact) mass is 275 g/mol. The summed E-state index contributed by atoms with van der Waals surface area (Å²) in [6.07, 6.45) is 2.87. The van der Waals surface area contributed by atoms with Gasteiger partial charge >= 0.3 is 0 Å². The summed E-state index contributed by atoms with van der Waals surface area (Å²) in [5.74, 6) is -0.274. The highest BCUT2D eigenvalue weighted by Crippen LogP contribution is 2.19. The molecule has 1 aromatic carbocycles. The highest BCUT2D eigenvalue weighted by Gasteiger charge is 2.28. The molecule has 1 heterocycles. The van der Waals surface area contributed by atoms with Gasteiger partial charge in [0.25, 0.3) is 0 Å². The van der Waals surface area contributed by atoms with E-state index in [-0.39, 0.29) is 5.91 Å². The Hall–Kier alpha value is -1.39. The fourth-order valence-electron chi connectivity index (χ4n) is 2.77. The minimum atomic E-state index is -0.590. The van der Waals surface area contributed by atoms with Crippen LogP contribution in [0.1, 0.15) is 30.9 Å².